The molecule has 0 saturated carbocycles. The van der Waals surface area contributed by atoms with Crippen molar-refractivity contribution in [2.75, 3.05) is 32.8 Å². The normalized spacial score (nSPS) is 25.3. The van der Waals surface area contributed by atoms with Crippen molar-refractivity contribution in [3.63, 3.8) is 0 Å². The quantitative estimate of drug-likeness (QED) is 0.835. The van der Waals surface area contributed by atoms with E-state index in [2.05, 4.69) is 0 Å². The molecule has 2 aliphatic rings. The number of halogens is 1. The number of carboxylic acid groups (broad SMARTS) is 1. The van der Waals surface area contributed by atoms with Crippen LogP contribution in [0.2, 0.25) is 0 Å². The fourth-order valence-electron chi connectivity index (χ4n) is 3.55. The first-order chi connectivity index (χ1) is 12.9. The zero-order chi connectivity index (χ0) is 19.4. The standard InChI is InChI=1S/C19H23FN2O5/c20-19(18(25)26)8-10-22(13-19)17(24)14-5-4-9-21(11-14)16(23)12-27-15-6-2-1-3-7-15/h1-3,6-7,14H,4-5,8-13H2,(H,25,26). The molecule has 7 nitrogen and oxygen atoms in total. The van der Waals surface area contributed by atoms with Crippen molar-refractivity contribution in [2.24, 2.45) is 5.92 Å². The largest absolute Gasteiger partial charge is 0.484 e. The highest BCUT2D eigenvalue weighted by atomic mass is 19.1. The van der Waals surface area contributed by atoms with E-state index in [0.717, 1.165) is 0 Å². The second kappa shape index (κ2) is 7.94. The highest BCUT2D eigenvalue weighted by Crippen LogP contribution is 2.29. The van der Waals surface area contributed by atoms with E-state index in [1.807, 2.05) is 18.2 Å². The minimum absolute atomic E-state index is 0.0865. The van der Waals surface area contributed by atoms with Crippen molar-refractivity contribution < 1.29 is 28.6 Å². The molecule has 2 aliphatic heterocycles. The van der Waals surface area contributed by atoms with Gasteiger partial charge in [-0.15, -0.1) is 0 Å². The summed E-state index contributed by atoms with van der Waals surface area (Å²) in [6.45, 7) is 0.342. The average Bonchev–Trinajstić information content (AvgIpc) is 3.10. The lowest BCUT2D eigenvalue weighted by Crippen LogP contribution is -2.48. The van der Waals surface area contributed by atoms with Crippen molar-refractivity contribution in [1.82, 2.24) is 9.80 Å². The van der Waals surface area contributed by atoms with Crippen molar-refractivity contribution >= 4 is 17.8 Å². The van der Waals surface area contributed by atoms with Crippen LogP contribution in [-0.2, 0) is 14.4 Å². The van der Waals surface area contributed by atoms with E-state index in [1.54, 1.807) is 17.0 Å². The monoisotopic (exact) mass is 378 g/mol. The summed E-state index contributed by atoms with van der Waals surface area (Å²) in [7, 11) is 0. The molecule has 2 amide bonds. The van der Waals surface area contributed by atoms with Crippen LogP contribution in [-0.4, -0.2) is 71.1 Å². The zero-order valence-corrected chi connectivity index (χ0v) is 15.0. The molecule has 3 rings (SSSR count). The van der Waals surface area contributed by atoms with E-state index >= 15 is 0 Å². The van der Waals surface area contributed by atoms with Gasteiger partial charge in [-0.25, -0.2) is 9.18 Å². The highest BCUT2D eigenvalue weighted by Gasteiger charge is 2.48. The van der Waals surface area contributed by atoms with Crippen LogP contribution in [0.25, 0.3) is 0 Å². The third-order valence-corrected chi connectivity index (χ3v) is 5.14. The third-order valence-electron chi connectivity index (χ3n) is 5.14. The Labute approximate surface area is 156 Å². The Hall–Kier alpha value is -2.64. The summed E-state index contributed by atoms with van der Waals surface area (Å²) in [5, 5.41) is 8.97. The Morgan fingerprint density at radius 2 is 1.93 bits per heavy atom. The summed E-state index contributed by atoms with van der Waals surface area (Å²) in [5.74, 6) is -1.85. The number of para-hydroxylation sites is 1. The van der Waals surface area contributed by atoms with Gasteiger partial charge in [0.05, 0.1) is 12.5 Å². The fraction of sp³-hybridized carbons (Fsp3) is 0.526. The number of aliphatic carboxylic acids is 1. The molecular weight excluding hydrogens is 355 g/mol. The second-order valence-corrected chi connectivity index (χ2v) is 7.06. The van der Waals surface area contributed by atoms with Gasteiger partial charge in [0.1, 0.15) is 5.75 Å². The van der Waals surface area contributed by atoms with Gasteiger partial charge in [-0.3, -0.25) is 9.59 Å². The summed E-state index contributed by atoms with van der Waals surface area (Å²) >= 11 is 0. The molecule has 0 spiro atoms. The number of alkyl halides is 1. The van der Waals surface area contributed by atoms with Gasteiger partial charge in [-0.2, -0.15) is 0 Å². The SMILES string of the molecule is O=C(COc1ccccc1)N1CCCC(C(=O)N2CCC(F)(C(=O)O)C2)C1. The fourth-order valence-corrected chi connectivity index (χ4v) is 3.55. The first-order valence-electron chi connectivity index (χ1n) is 9.06. The molecule has 0 aliphatic carbocycles. The molecule has 2 saturated heterocycles. The molecule has 2 fully saturated rings. The number of likely N-dealkylation sites (tertiary alicyclic amines) is 2. The molecule has 27 heavy (non-hydrogen) atoms. The second-order valence-electron chi connectivity index (χ2n) is 7.06. The van der Waals surface area contributed by atoms with Crippen molar-refractivity contribution in [3.8, 4) is 5.75 Å². The number of hydrogen-bond donors (Lipinski definition) is 1. The molecule has 0 aromatic heterocycles. The Morgan fingerprint density at radius 3 is 2.59 bits per heavy atom. The number of carbonyl (C=O) groups is 3. The van der Waals surface area contributed by atoms with Gasteiger partial charge < -0.3 is 19.6 Å². The Morgan fingerprint density at radius 1 is 1.19 bits per heavy atom. The summed E-state index contributed by atoms with van der Waals surface area (Å²) < 4.78 is 19.7. The number of amides is 2. The van der Waals surface area contributed by atoms with Crippen molar-refractivity contribution in [3.05, 3.63) is 30.3 Å². The van der Waals surface area contributed by atoms with Crippen molar-refractivity contribution in [1.29, 1.82) is 0 Å². The minimum atomic E-state index is -2.37. The number of carboxylic acids is 1. The maximum Gasteiger partial charge on any atom is 0.343 e. The number of carbonyl (C=O) groups excluding carboxylic acids is 2. The maximum atomic E-state index is 14.2. The van der Waals surface area contributed by atoms with Crippen LogP contribution >= 0.6 is 0 Å². The number of ether oxygens (including phenoxy) is 1. The first-order valence-corrected chi connectivity index (χ1v) is 9.06. The zero-order valence-electron chi connectivity index (χ0n) is 15.0. The van der Waals surface area contributed by atoms with E-state index in [9.17, 15) is 18.8 Å². The van der Waals surface area contributed by atoms with Gasteiger partial charge in [0.15, 0.2) is 6.61 Å². The molecule has 1 N–H and O–H groups in total. The summed E-state index contributed by atoms with van der Waals surface area (Å²) in [4.78, 5) is 38.9. The lowest BCUT2D eigenvalue weighted by molar-refractivity contribution is -0.150. The number of nitrogens with zero attached hydrogens (tertiary/aromatic N) is 2. The first kappa shape index (κ1) is 19.1. The third kappa shape index (κ3) is 4.37. The molecule has 2 unspecified atom stereocenters. The summed E-state index contributed by atoms with van der Waals surface area (Å²) in [6.07, 6.45) is 1.07. The van der Waals surface area contributed by atoms with Crippen LogP contribution in [0.1, 0.15) is 19.3 Å². The molecule has 146 valence electrons. The minimum Gasteiger partial charge on any atom is -0.484 e. The Kier molecular flexibility index (Phi) is 5.62. The van der Waals surface area contributed by atoms with Gasteiger partial charge >= 0.3 is 5.97 Å². The van der Waals surface area contributed by atoms with Crippen LogP contribution in [0, 0.1) is 5.92 Å². The number of piperidine rings is 1. The van der Waals surface area contributed by atoms with E-state index in [1.165, 1.54) is 4.90 Å². The maximum absolute atomic E-state index is 14.2. The van der Waals surface area contributed by atoms with E-state index in [-0.39, 0.29) is 37.9 Å². The molecule has 8 heteroatoms. The summed E-state index contributed by atoms with van der Waals surface area (Å²) in [5.41, 5.74) is -2.37. The van der Waals surface area contributed by atoms with Crippen LogP contribution < -0.4 is 4.74 Å². The van der Waals surface area contributed by atoms with Gasteiger partial charge in [0, 0.05) is 26.1 Å². The molecule has 2 atom stereocenters. The van der Waals surface area contributed by atoms with Gasteiger partial charge in [-0.1, -0.05) is 18.2 Å². The van der Waals surface area contributed by atoms with E-state index in [0.29, 0.717) is 25.1 Å². The van der Waals surface area contributed by atoms with Crippen LogP contribution in [0.15, 0.2) is 30.3 Å². The number of benzene rings is 1. The molecule has 1 aromatic carbocycles. The van der Waals surface area contributed by atoms with Crippen LogP contribution in [0.4, 0.5) is 4.39 Å². The van der Waals surface area contributed by atoms with Crippen molar-refractivity contribution in [2.45, 2.75) is 24.9 Å². The topological polar surface area (TPSA) is 87.2 Å². The lowest BCUT2D eigenvalue weighted by atomic mass is 9.96. The van der Waals surface area contributed by atoms with E-state index in [4.69, 9.17) is 9.84 Å². The van der Waals surface area contributed by atoms with Gasteiger partial charge in [0.25, 0.3) is 5.91 Å². The number of hydrogen-bond acceptors (Lipinski definition) is 4. The van der Waals surface area contributed by atoms with Gasteiger partial charge in [-0.05, 0) is 25.0 Å². The molecule has 1 aromatic rings. The van der Waals surface area contributed by atoms with Crippen LogP contribution in [0.3, 0.4) is 0 Å². The average molecular weight is 378 g/mol. The lowest BCUT2D eigenvalue weighted by Gasteiger charge is -2.34. The molecular formula is C19H23FN2O5. The number of rotatable bonds is 5. The molecule has 2 heterocycles. The molecule has 0 bridgehead atoms. The highest BCUT2D eigenvalue weighted by molar-refractivity contribution is 5.84. The Balaban J connectivity index is 1.53. The smallest absolute Gasteiger partial charge is 0.343 e. The van der Waals surface area contributed by atoms with Crippen LogP contribution in [0.5, 0.6) is 5.75 Å². The van der Waals surface area contributed by atoms with E-state index < -0.39 is 24.1 Å². The predicted molar refractivity (Wildman–Crippen MR) is 93.9 cm³/mol. The summed E-state index contributed by atoms with van der Waals surface area (Å²) in [6, 6.07) is 9.00. The van der Waals surface area contributed by atoms with Gasteiger partial charge in [0.2, 0.25) is 11.6 Å². The molecule has 0 radical (unpaired) electrons. The predicted octanol–water partition coefficient (Wildman–Crippen LogP) is 1.33. The Bertz CT molecular complexity index is 713.